The topological polar surface area (TPSA) is 6.48 Å². The molecule has 2 aliphatic rings. The molecule has 2 aliphatic heterocycles. The van der Waals surface area contributed by atoms with Gasteiger partial charge < -0.3 is 9.80 Å². The first-order chi connectivity index (χ1) is 8.52. The third kappa shape index (κ3) is 15.4. The molecule has 2 heterocycles. The molecule has 2 rings (SSSR count). The number of hydrogen-bond donors (Lipinski definition) is 0. The zero-order chi connectivity index (χ0) is 13.8. The highest BCUT2D eigenvalue weighted by atomic mass is 35.8. The summed E-state index contributed by atoms with van der Waals surface area (Å²) in [6.07, 6.45) is 8.55. The third-order valence-corrected chi connectivity index (χ3v) is 3.16. The van der Waals surface area contributed by atoms with Crippen molar-refractivity contribution in [1.82, 2.24) is 9.80 Å². The monoisotopic (exact) mass is 330 g/mol. The van der Waals surface area contributed by atoms with Gasteiger partial charge in [-0.25, -0.2) is 30.1 Å². The first-order valence-corrected chi connectivity index (χ1v) is 12.1. The Bertz CT molecular complexity index is 154. The van der Waals surface area contributed by atoms with Crippen molar-refractivity contribution in [3.05, 3.63) is 0 Å². The number of likely N-dealkylation sites (tertiary alicyclic amines) is 2. The summed E-state index contributed by atoms with van der Waals surface area (Å²) in [6, 6.07) is 0. The summed E-state index contributed by atoms with van der Waals surface area (Å²) in [5.41, 5.74) is 0. The van der Waals surface area contributed by atoms with Gasteiger partial charge in [-0.1, -0.05) is 12.8 Å². The standard InChI is InChI=1S/2C6H13N.Al.3ClH/c2*1-7-5-3-2-4-6-7;;;;/h2*2-6H2,1H3;;3*1H/q;;+3;;;/p-3. The van der Waals surface area contributed by atoms with Crippen molar-refractivity contribution in [2.75, 3.05) is 40.3 Å². The second kappa shape index (κ2) is 13.3. The smallest absolute Gasteiger partial charge is 0.306 e. The lowest BCUT2D eigenvalue weighted by Gasteiger charge is -2.20. The molecule has 0 aliphatic carbocycles. The summed E-state index contributed by atoms with van der Waals surface area (Å²) in [5.74, 6) is 0. The van der Waals surface area contributed by atoms with Gasteiger partial charge in [0.2, 0.25) is 0 Å². The van der Waals surface area contributed by atoms with E-state index in [-0.39, 0.29) is 0 Å². The Kier molecular flexibility index (Phi) is 14.3. The summed E-state index contributed by atoms with van der Waals surface area (Å²) in [6.45, 7) is 5.28. The average Bonchev–Trinajstić information content (AvgIpc) is 2.31. The molecule has 0 radical (unpaired) electrons. The van der Waals surface area contributed by atoms with Gasteiger partial charge in [-0.05, 0) is 66.0 Å². The molecule has 0 amide bonds. The van der Waals surface area contributed by atoms with Crippen LogP contribution in [0.2, 0.25) is 0 Å². The summed E-state index contributed by atoms with van der Waals surface area (Å²) in [7, 11) is 19.2. The fourth-order valence-electron chi connectivity index (χ4n) is 2.10. The summed E-state index contributed by atoms with van der Waals surface area (Å²) in [4.78, 5) is 4.78. The van der Waals surface area contributed by atoms with E-state index >= 15 is 0 Å². The molecule has 0 spiro atoms. The molecule has 0 unspecified atom stereocenters. The molecule has 2 saturated heterocycles. The van der Waals surface area contributed by atoms with Gasteiger partial charge in [0.05, 0.1) is 0 Å². The van der Waals surface area contributed by atoms with Gasteiger partial charge in [0.15, 0.2) is 0 Å². The van der Waals surface area contributed by atoms with Crippen LogP contribution < -0.4 is 0 Å². The Morgan fingerprint density at radius 2 is 0.833 bits per heavy atom. The van der Waals surface area contributed by atoms with Crippen LogP contribution in [0.3, 0.4) is 0 Å². The summed E-state index contributed by atoms with van der Waals surface area (Å²) >= 11 is -1.72. The lowest BCUT2D eigenvalue weighted by atomic mass is 10.1. The molecular formula is C12H26AlCl3N2. The fourth-order valence-corrected chi connectivity index (χ4v) is 2.10. The molecule has 0 aromatic heterocycles. The van der Waals surface area contributed by atoms with Gasteiger partial charge in [0, 0.05) is 0 Å². The molecule has 0 atom stereocenters. The number of hydrogen-bond acceptors (Lipinski definition) is 2. The SMILES string of the molecule is CN1CCCCC1.CN1CCCCC1.[Cl][Al]([Cl])[Cl]. The van der Waals surface area contributed by atoms with E-state index in [1.165, 1.54) is 64.7 Å². The molecule has 0 bridgehead atoms. The zero-order valence-electron chi connectivity index (χ0n) is 11.7. The summed E-state index contributed by atoms with van der Waals surface area (Å²) < 4.78 is 0. The molecule has 6 heteroatoms. The van der Waals surface area contributed by atoms with Gasteiger partial charge in [0.1, 0.15) is 0 Å². The number of halogens is 3. The van der Waals surface area contributed by atoms with Gasteiger partial charge in [0.25, 0.3) is 0 Å². The minimum Gasteiger partial charge on any atom is -0.306 e. The van der Waals surface area contributed by atoms with Crippen LogP contribution in [0.15, 0.2) is 0 Å². The minimum atomic E-state index is -1.72. The number of piperidine rings is 2. The van der Waals surface area contributed by atoms with Crippen molar-refractivity contribution in [3.8, 4) is 0 Å². The van der Waals surface area contributed by atoms with Crippen LogP contribution in [0.5, 0.6) is 0 Å². The Morgan fingerprint density at radius 1 is 0.611 bits per heavy atom. The Hall–Kier alpha value is 1.32. The van der Waals surface area contributed by atoms with Crippen molar-refractivity contribution in [2.45, 2.75) is 38.5 Å². The maximum absolute atomic E-state index is 4.94. The zero-order valence-corrected chi connectivity index (χ0v) is 15.1. The first kappa shape index (κ1) is 19.3. The van der Waals surface area contributed by atoms with Crippen LogP contribution in [-0.4, -0.2) is 61.5 Å². The highest BCUT2D eigenvalue weighted by Crippen LogP contribution is 2.05. The predicted molar refractivity (Wildman–Crippen MR) is 86.0 cm³/mol. The maximum atomic E-state index is 4.94. The maximum Gasteiger partial charge on any atom is 0.643 e. The van der Waals surface area contributed by atoms with Crippen LogP contribution in [0, 0.1) is 0 Å². The van der Waals surface area contributed by atoms with E-state index in [0.717, 1.165) is 0 Å². The molecule has 0 aromatic rings. The first-order valence-electron chi connectivity index (χ1n) is 6.81. The van der Waals surface area contributed by atoms with Crippen molar-refractivity contribution in [3.63, 3.8) is 0 Å². The minimum absolute atomic E-state index is 1.32. The highest BCUT2D eigenvalue weighted by Gasteiger charge is 2.03. The molecule has 0 saturated carbocycles. The van der Waals surface area contributed by atoms with Crippen LogP contribution in [0.4, 0.5) is 0 Å². The van der Waals surface area contributed by atoms with Gasteiger partial charge >= 0.3 is 11.4 Å². The largest absolute Gasteiger partial charge is 0.643 e. The van der Waals surface area contributed by atoms with Crippen molar-refractivity contribution in [1.29, 1.82) is 0 Å². The van der Waals surface area contributed by atoms with E-state index in [2.05, 4.69) is 23.9 Å². The van der Waals surface area contributed by atoms with Crippen LogP contribution >= 0.6 is 30.1 Å². The second-order valence-corrected chi connectivity index (χ2v) is 11.4. The quantitative estimate of drug-likeness (QED) is 0.621. The molecule has 0 aromatic carbocycles. The van der Waals surface area contributed by atoms with E-state index in [1.807, 2.05) is 0 Å². The van der Waals surface area contributed by atoms with Crippen LogP contribution in [0.1, 0.15) is 38.5 Å². The van der Waals surface area contributed by atoms with Crippen LogP contribution in [0.25, 0.3) is 0 Å². The van der Waals surface area contributed by atoms with Gasteiger partial charge in [-0.15, -0.1) is 0 Å². The number of nitrogens with zero attached hydrogens (tertiary/aromatic N) is 2. The molecule has 2 nitrogen and oxygen atoms in total. The van der Waals surface area contributed by atoms with E-state index in [0.29, 0.717) is 0 Å². The van der Waals surface area contributed by atoms with Gasteiger partial charge in [-0.2, -0.15) is 0 Å². The Balaban J connectivity index is 0.000000253. The van der Waals surface area contributed by atoms with Crippen LogP contribution in [-0.2, 0) is 0 Å². The van der Waals surface area contributed by atoms with E-state index in [4.69, 9.17) is 30.1 Å². The van der Waals surface area contributed by atoms with Crippen molar-refractivity contribution < 1.29 is 0 Å². The molecule has 18 heavy (non-hydrogen) atoms. The van der Waals surface area contributed by atoms with E-state index < -0.39 is 11.4 Å². The lowest BCUT2D eigenvalue weighted by Crippen LogP contribution is -2.24. The number of rotatable bonds is 0. The molecule has 0 N–H and O–H groups in total. The van der Waals surface area contributed by atoms with Gasteiger partial charge in [-0.3, -0.25) is 0 Å². The second-order valence-electron chi connectivity index (χ2n) is 4.98. The molecular weight excluding hydrogens is 305 g/mol. The average molecular weight is 332 g/mol. The van der Waals surface area contributed by atoms with Crippen molar-refractivity contribution in [2.24, 2.45) is 0 Å². The summed E-state index contributed by atoms with van der Waals surface area (Å²) in [5, 5.41) is 0. The fraction of sp³-hybridized carbons (Fsp3) is 1.00. The van der Waals surface area contributed by atoms with Crippen molar-refractivity contribution >= 4 is 41.5 Å². The lowest BCUT2D eigenvalue weighted by molar-refractivity contribution is 0.277. The Labute approximate surface area is 130 Å². The molecule has 2 fully saturated rings. The highest BCUT2D eigenvalue weighted by molar-refractivity contribution is 7.54. The predicted octanol–water partition coefficient (Wildman–Crippen LogP) is 3.89. The normalized spacial score (nSPS) is 21.2. The van der Waals surface area contributed by atoms with E-state index in [1.54, 1.807) is 0 Å². The Morgan fingerprint density at radius 3 is 0.944 bits per heavy atom. The molecule has 108 valence electrons. The third-order valence-electron chi connectivity index (χ3n) is 3.16. The van der Waals surface area contributed by atoms with E-state index in [9.17, 15) is 0 Å².